The van der Waals surface area contributed by atoms with Crippen molar-refractivity contribution in [1.29, 1.82) is 0 Å². The molecular formula is C12H18N2O3S. The molecule has 0 fully saturated rings. The number of carbonyl (C=O) groups is 1. The Morgan fingerprint density at radius 3 is 2.83 bits per heavy atom. The quantitative estimate of drug-likeness (QED) is 0.581. The Kier molecular flexibility index (Phi) is 5.80. The van der Waals surface area contributed by atoms with Crippen LogP contribution < -0.4 is 11.1 Å². The van der Waals surface area contributed by atoms with Crippen molar-refractivity contribution in [1.82, 2.24) is 5.32 Å². The smallest absolute Gasteiger partial charge is 0.233 e. The molecule has 0 radical (unpaired) electrons. The number of methoxy groups -OCH3 is 1. The topological polar surface area (TPSA) is 81.4 Å². The van der Waals surface area contributed by atoms with Crippen LogP contribution in [0.3, 0.4) is 0 Å². The molecule has 1 amide bonds. The summed E-state index contributed by atoms with van der Waals surface area (Å²) in [6.45, 7) is 2.71. The van der Waals surface area contributed by atoms with Gasteiger partial charge in [-0.1, -0.05) is 0 Å². The molecule has 1 rings (SSSR count). The van der Waals surface area contributed by atoms with Crippen molar-refractivity contribution in [2.45, 2.75) is 11.8 Å². The van der Waals surface area contributed by atoms with Crippen molar-refractivity contribution in [3.63, 3.8) is 0 Å². The molecule has 0 saturated heterocycles. The SMILES string of the molecule is COCCNC(=O)CS(=O)c1ccc(N)c(C)c1. The van der Waals surface area contributed by atoms with Gasteiger partial charge in [-0.2, -0.15) is 0 Å². The Hall–Kier alpha value is -1.40. The maximum Gasteiger partial charge on any atom is 0.233 e. The first-order chi connectivity index (χ1) is 8.54. The number of aryl methyl sites for hydroxylation is 1. The second-order valence-corrected chi connectivity index (χ2v) is 5.30. The minimum atomic E-state index is -1.35. The van der Waals surface area contributed by atoms with Gasteiger partial charge in [0.25, 0.3) is 0 Å². The molecule has 0 aliphatic rings. The summed E-state index contributed by atoms with van der Waals surface area (Å²) >= 11 is 0. The van der Waals surface area contributed by atoms with E-state index in [1.165, 1.54) is 0 Å². The van der Waals surface area contributed by atoms with Gasteiger partial charge in [0.2, 0.25) is 5.91 Å². The number of hydrogen-bond donors (Lipinski definition) is 2. The maximum absolute atomic E-state index is 11.9. The standard InChI is InChI=1S/C12H18N2O3S/c1-9-7-10(3-4-11(9)13)18(16)8-12(15)14-5-6-17-2/h3-4,7H,5-6,8,13H2,1-2H3,(H,14,15). The van der Waals surface area contributed by atoms with E-state index in [2.05, 4.69) is 5.32 Å². The molecule has 0 spiro atoms. The molecule has 1 unspecified atom stereocenters. The lowest BCUT2D eigenvalue weighted by Crippen LogP contribution is -2.31. The average molecular weight is 270 g/mol. The van der Waals surface area contributed by atoms with Crippen LogP contribution in [0.2, 0.25) is 0 Å². The fourth-order valence-electron chi connectivity index (χ4n) is 1.34. The van der Waals surface area contributed by atoms with E-state index in [4.69, 9.17) is 10.5 Å². The van der Waals surface area contributed by atoms with E-state index < -0.39 is 10.8 Å². The molecule has 0 bridgehead atoms. The summed E-state index contributed by atoms with van der Waals surface area (Å²) in [6, 6.07) is 5.13. The van der Waals surface area contributed by atoms with Crippen LogP contribution in [0.1, 0.15) is 5.56 Å². The lowest BCUT2D eigenvalue weighted by atomic mass is 10.2. The highest BCUT2D eigenvalue weighted by Crippen LogP contribution is 2.15. The number of hydrogen-bond acceptors (Lipinski definition) is 4. The van der Waals surface area contributed by atoms with Crippen molar-refractivity contribution in [3.05, 3.63) is 23.8 Å². The average Bonchev–Trinajstić information content (AvgIpc) is 2.33. The molecule has 0 saturated carbocycles. The number of anilines is 1. The molecule has 0 aliphatic heterocycles. The first-order valence-corrected chi connectivity index (χ1v) is 6.86. The van der Waals surface area contributed by atoms with Crippen LogP contribution in [-0.4, -0.2) is 36.1 Å². The van der Waals surface area contributed by atoms with E-state index in [1.807, 2.05) is 6.92 Å². The highest BCUT2D eigenvalue weighted by molar-refractivity contribution is 7.85. The van der Waals surface area contributed by atoms with Crippen molar-refractivity contribution < 1.29 is 13.7 Å². The number of rotatable bonds is 6. The third-order valence-corrected chi connectivity index (χ3v) is 3.70. The van der Waals surface area contributed by atoms with Gasteiger partial charge < -0.3 is 15.8 Å². The van der Waals surface area contributed by atoms with E-state index in [9.17, 15) is 9.00 Å². The Bertz CT molecular complexity index is 449. The van der Waals surface area contributed by atoms with Gasteiger partial charge >= 0.3 is 0 Å². The number of ether oxygens (including phenoxy) is 1. The third-order valence-electron chi connectivity index (χ3n) is 2.39. The molecule has 0 aromatic heterocycles. The number of nitrogens with two attached hydrogens (primary N) is 1. The van der Waals surface area contributed by atoms with Crippen LogP contribution in [0.5, 0.6) is 0 Å². The molecule has 1 aromatic rings. The summed E-state index contributed by atoms with van der Waals surface area (Å²) in [4.78, 5) is 12.1. The zero-order chi connectivity index (χ0) is 13.5. The second kappa shape index (κ2) is 7.13. The van der Waals surface area contributed by atoms with Crippen LogP contribution in [0.4, 0.5) is 5.69 Å². The number of nitrogens with one attached hydrogen (secondary N) is 1. The summed E-state index contributed by atoms with van der Waals surface area (Å²) in [7, 11) is 0.211. The maximum atomic E-state index is 11.9. The van der Waals surface area contributed by atoms with E-state index in [1.54, 1.807) is 25.3 Å². The molecule has 3 N–H and O–H groups in total. The first-order valence-electron chi connectivity index (χ1n) is 5.54. The van der Waals surface area contributed by atoms with E-state index in [0.717, 1.165) is 5.56 Å². The normalized spacial score (nSPS) is 12.1. The predicted molar refractivity (Wildman–Crippen MR) is 71.8 cm³/mol. The molecule has 100 valence electrons. The number of amides is 1. The molecule has 5 nitrogen and oxygen atoms in total. The zero-order valence-corrected chi connectivity index (χ0v) is 11.4. The summed E-state index contributed by atoms with van der Waals surface area (Å²) < 4.78 is 16.7. The lowest BCUT2D eigenvalue weighted by Gasteiger charge is -2.06. The highest BCUT2D eigenvalue weighted by Gasteiger charge is 2.10. The Balaban J connectivity index is 2.54. The van der Waals surface area contributed by atoms with Gasteiger partial charge in [-0.3, -0.25) is 9.00 Å². The zero-order valence-electron chi connectivity index (χ0n) is 10.6. The Morgan fingerprint density at radius 2 is 2.22 bits per heavy atom. The molecular weight excluding hydrogens is 252 g/mol. The van der Waals surface area contributed by atoms with Gasteiger partial charge in [-0.15, -0.1) is 0 Å². The van der Waals surface area contributed by atoms with Gasteiger partial charge in [0.1, 0.15) is 5.75 Å². The molecule has 6 heteroatoms. The molecule has 1 aromatic carbocycles. The first kappa shape index (κ1) is 14.7. The number of benzene rings is 1. The minimum absolute atomic E-state index is 0.0485. The Morgan fingerprint density at radius 1 is 1.50 bits per heavy atom. The fourth-order valence-corrected chi connectivity index (χ4v) is 2.37. The minimum Gasteiger partial charge on any atom is -0.399 e. The van der Waals surface area contributed by atoms with E-state index >= 15 is 0 Å². The molecule has 0 aliphatic carbocycles. The van der Waals surface area contributed by atoms with E-state index in [-0.39, 0.29) is 11.7 Å². The molecule has 18 heavy (non-hydrogen) atoms. The molecule has 1 atom stereocenters. The van der Waals surface area contributed by atoms with Crippen LogP contribution in [0.25, 0.3) is 0 Å². The van der Waals surface area contributed by atoms with Crippen molar-refractivity contribution in [2.24, 2.45) is 0 Å². The predicted octanol–water partition coefficient (Wildman–Crippen LogP) is 0.447. The van der Waals surface area contributed by atoms with Gasteiger partial charge in [-0.05, 0) is 30.7 Å². The summed E-state index contributed by atoms with van der Waals surface area (Å²) in [5, 5.41) is 2.63. The van der Waals surface area contributed by atoms with Gasteiger partial charge in [0, 0.05) is 24.2 Å². The van der Waals surface area contributed by atoms with Crippen LogP contribution in [-0.2, 0) is 20.3 Å². The van der Waals surface area contributed by atoms with Crippen LogP contribution in [0, 0.1) is 6.92 Å². The fraction of sp³-hybridized carbons (Fsp3) is 0.417. The summed E-state index contributed by atoms with van der Waals surface area (Å²) in [6.07, 6.45) is 0. The second-order valence-electron chi connectivity index (χ2n) is 3.85. The van der Waals surface area contributed by atoms with Crippen molar-refractivity contribution in [2.75, 3.05) is 31.7 Å². The van der Waals surface area contributed by atoms with Gasteiger partial charge in [0.05, 0.1) is 17.4 Å². The number of carbonyl (C=O) groups excluding carboxylic acids is 1. The monoisotopic (exact) mass is 270 g/mol. The summed E-state index contributed by atoms with van der Waals surface area (Å²) in [5.74, 6) is -0.299. The molecule has 0 heterocycles. The third kappa shape index (κ3) is 4.46. The Labute approximate surface area is 109 Å². The lowest BCUT2D eigenvalue weighted by molar-refractivity contribution is -0.118. The van der Waals surface area contributed by atoms with Crippen LogP contribution in [0.15, 0.2) is 23.1 Å². The van der Waals surface area contributed by atoms with Crippen LogP contribution >= 0.6 is 0 Å². The van der Waals surface area contributed by atoms with Crippen molar-refractivity contribution >= 4 is 22.4 Å². The highest BCUT2D eigenvalue weighted by atomic mass is 32.2. The van der Waals surface area contributed by atoms with E-state index in [0.29, 0.717) is 23.7 Å². The number of nitrogen functional groups attached to an aromatic ring is 1. The van der Waals surface area contributed by atoms with Gasteiger partial charge in [-0.25, -0.2) is 0 Å². The summed E-state index contributed by atoms with van der Waals surface area (Å²) in [5.41, 5.74) is 7.19. The van der Waals surface area contributed by atoms with Gasteiger partial charge in [0.15, 0.2) is 0 Å². The van der Waals surface area contributed by atoms with Crippen molar-refractivity contribution in [3.8, 4) is 0 Å². The largest absolute Gasteiger partial charge is 0.399 e.